The van der Waals surface area contributed by atoms with Gasteiger partial charge >= 0.3 is 0 Å². The Morgan fingerprint density at radius 2 is 1.83 bits per heavy atom. The lowest BCUT2D eigenvalue weighted by Gasteiger charge is -2.22. The van der Waals surface area contributed by atoms with E-state index in [1.54, 1.807) is 0 Å². The number of rotatable bonds is 1. The largest absolute Gasteiger partial charge is 0.246 e. The number of halogens is 2. The molecule has 0 radical (unpaired) electrons. The summed E-state index contributed by atoms with van der Waals surface area (Å²) in [6, 6.07) is 0. The van der Waals surface area contributed by atoms with E-state index in [4.69, 9.17) is 10.7 Å². The first-order valence-corrected chi connectivity index (χ1v) is 6.45. The third-order valence-electron chi connectivity index (χ3n) is 3.07. The first-order chi connectivity index (χ1) is 5.50. The van der Waals surface area contributed by atoms with E-state index in [0.29, 0.717) is 6.42 Å². The average Bonchev–Trinajstić information content (AvgIpc) is 2.42. The average molecular weight is 213 g/mol. The lowest BCUT2D eigenvalue weighted by Crippen LogP contribution is -2.33. The quantitative estimate of drug-likeness (QED) is 0.620. The van der Waals surface area contributed by atoms with Gasteiger partial charge in [-0.2, -0.15) is 0 Å². The van der Waals surface area contributed by atoms with E-state index in [1.807, 2.05) is 0 Å². The van der Waals surface area contributed by atoms with Crippen LogP contribution in [0.15, 0.2) is 0 Å². The molecule has 4 atom stereocenters. The minimum Gasteiger partial charge on any atom is -0.246 e. The first kappa shape index (κ1) is 8.75. The van der Waals surface area contributed by atoms with Gasteiger partial charge < -0.3 is 0 Å². The summed E-state index contributed by atoms with van der Waals surface area (Å²) in [6.45, 7) is 0. The van der Waals surface area contributed by atoms with Gasteiger partial charge in [0.1, 0.15) is 11.4 Å². The van der Waals surface area contributed by atoms with Crippen LogP contribution >= 0.6 is 10.7 Å². The van der Waals surface area contributed by atoms with Gasteiger partial charge in [0, 0.05) is 10.7 Å². The van der Waals surface area contributed by atoms with Crippen LogP contribution in [0.25, 0.3) is 0 Å². The second-order valence-corrected chi connectivity index (χ2v) is 6.50. The Kier molecular flexibility index (Phi) is 1.88. The Morgan fingerprint density at radius 3 is 2.17 bits per heavy atom. The molecule has 0 aromatic rings. The Labute approximate surface area is 75.5 Å². The van der Waals surface area contributed by atoms with Gasteiger partial charge in [-0.3, -0.25) is 0 Å². The van der Waals surface area contributed by atoms with Gasteiger partial charge in [0.15, 0.2) is 0 Å². The van der Waals surface area contributed by atoms with Crippen LogP contribution in [0.1, 0.15) is 19.3 Å². The number of alkyl halides is 1. The Morgan fingerprint density at radius 1 is 1.25 bits per heavy atom. The van der Waals surface area contributed by atoms with Gasteiger partial charge in [0.2, 0.25) is 9.05 Å². The molecule has 0 aliphatic heterocycles. The molecular weight excluding hydrogens is 203 g/mol. The predicted octanol–water partition coefficient (Wildman–Crippen LogP) is 1.69. The van der Waals surface area contributed by atoms with E-state index in [-0.39, 0.29) is 11.8 Å². The van der Waals surface area contributed by atoms with Crippen molar-refractivity contribution in [2.45, 2.75) is 30.7 Å². The summed E-state index contributed by atoms with van der Waals surface area (Å²) in [5.41, 5.74) is 0. The van der Waals surface area contributed by atoms with Crippen LogP contribution in [-0.4, -0.2) is 19.8 Å². The van der Waals surface area contributed by atoms with E-state index in [2.05, 4.69) is 0 Å². The fourth-order valence-corrected chi connectivity index (χ4v) is 4.52. The second kappa shape index (κ2) is 2.58. The van der Waals surface area contributed by atoms with Crippen LogP contribution in [0.3, 0.4) is 0 Å². The summed E-state index contributed by atoms with van der Waals surface area (Å²) < 4.78 is 35.2. The lowest BCUT2D eigenvalue weighted by molar-refractivity contribution is 0.234. The summed E-state index contributed by atoms with van der Waals surface area (Å²) in [7, 11) is 1.48. The van der Waals surface area contributed by atoms with E-state index >= 15 is 0 Å². The monoisotopic (exact) mass is 212 g/mol. The van der Waals surface area contributed by atoms with Gasteiger partial charge in [-0.25, -0.2) is 12.8 Å². The highest BCUT2D eigenvalue weighted by molar-refractivity contribution is 8.14. The number of fused-ring (bicyclic) bond motifs is 2. The molecule has 70 valence electrons. The molecule has 2 nitrogen and oxygen atoms in total. The summed E-state index contributed by atoms with van der Waals surface area (Å²) in [5, 5.41) is -0.919. The van der Waals surface area contributed by atoms with Crippen LogP contribution in [0.2, 0.25) is 0 Å². The van der Waals surface area contributed by atoms with Crippen LogP contribution in [0.4, 0.5) is 4.39 Å². The molecule has 0 spiro atoms. The SMILES string of the molecule is O=S(=O)(Cl)C1C2CCC(C2)C1F. The topological polar surface area (TPSA) is 34.1 Å². The molecule has 0 amide bonds. The van der Waals surface area contributed by atoms with Crippen molar-refractivity contribution in [3.63, 3.8) is 0 Å². The van der Waals surface area contributed by atoms with Crippen molar-refractivity contribution in [1.82, 2.24) is 0 Å². The zero-order valence-electron chi connectivity index (χ0n) is 6.41. The fourth-order valence-electron chi connectivity index (χ4n) is 2.55. The molecule has 0 N–H and O–H groups in total. The Hall–Kier alpha value is 0.170. The summed E-state index contributed by atoms with van der Waals surface area (Å²) in [5.74, 6) is -0.0685. The second-order valence-electron chi connectivity index (χ2n) is 3.72. The van der Waals surface area contributed by atoms with E-state index in [1.165, 1.54) is 0 Å². The van der Waals surface area contributed by atoms with Crippen molar-refractivity contribution >= 4 is 19.7 Å². The predicted molar refractivity (Wildman–Crippen MR) is 44.3 cm³/mol. The highest BCUT2D eigenvalue weighted by Crippen LogP contribution is 2.49. The molecule has 0 saturated heterocycles. The molecule has 0 heterocycles. The molecule has 12 heavy (non-hydrogen) atoms. The molecule has 2 rings (SSSR count). The molecule has 2 aliphatic carbocycles. The van der Waals surface area contributed by atoms with Crippen LogP contribution < -0.4 is 0 Å². The third kappa shape index (κ3) is 1.16. The normalized spacial score (nSPS) is 46.8. The van der Waals surface area contributed by atoms with Gasteiger partial charge in [-0.15, -0.1) is 0 Å². The van der Waals surface area contributed by atoms with Crippen molar-refractivity contribution in [2.75, 3.05) is 0 Å². The fraction of sp³-hybridized carbons (Fsp3) is 1.00. The van der Waals surface area contributed by atoms with Crippen LogP contribution in [0.5, 0.6) is 0 Å². The van der Waals surface area contributed by atoms with E-state index < -0.39 is 20.5 Å². The highest BCUT2D eigenvalue weighted by Gasteiger charge is 2.53. The molecule has 0 aromatic carbocycles. The minimum atomic E-state index is -3.69. The van der Waals surface area contributed by atoms with Gasteiger partial charge in [-0.05, 0) is 31.1 Å². The van der Waals surface area contributed by atoms with E-state index in [0.717, 1.165) is 12.8 Å². The minimum absolute atomic E-state index is 0.0208. The summed E-state index contributed by atoms with van der Waals surface area (Å²) in [6.07, 6.45) is 1.14. The molecule has 2 fully saturated rings. The van der Waals surface area contributed by atoms with Crippen molar-refractivity contribution < 1.29 is 12.8 Å². The molecule has 0 aromatic heterocycles. The standard InChI is InChI=1S/C7H10ClFO2S/c8-12(10,11)7-5-2-1-4(3-5)6(7)9/h4-7H,1-3H2. The highest BCUT2D eigenvalue weighted by atomic mass is 35.7. The van der Waals surface area contributed by atoms with Crippen molar-refractivity contribution in [3.05, 3.63) is 0 Å². The first-order valence-electron chi connectivity index (χ1n) is 4.07. The smallest absolute Gasteiger partial charge is 0.238 e. The molecule has 2 saturated carbocycles. The van der Waals surface area contributed by atoms with Gasteiger partial charge in [0.25, 0.3) is 0 Å². The van der Waals surface area contributed by atoms with Crippen molar-refractivity contribution in [1.29, 1.82) is 0 Å². The molecule has 5 heteroatoms. The van der Waals surface area contributed by atoms with Gasteiger partial charge in [-0.1, -0.05) is 0 Å². The maximum Gasteiger partial charge on any atom is 0.238 e. The number of hydrogen-bond acceptors (Lipinski definition) is 2. The summed E-state index contributed by atoms with van der Waals surface area (Å²) >= 11 is 0. The van der Waals surface area contributed by atoms with E-state index in [9.17, 15) is 12.8 Å². The van der Waals surface area contributed by atoms with Crippen LogP contribution in [-0.2, 0) is 9.05 Å². The Balaban J connectivity index is 2.29. The molecule has 4 unspecified atom stereocenters. The van der Waals surface area contributed by atoms with Crippen molar-refractivity contribution in [3.8, 4) is 0 Å². The zero-order valence-corrected chi connectivity index (χ0v) is 7.98. The number of hydrogen-bond donors (Lipinski definition) is 0. The molecule has 2 bridgehead atoms. The van der Waals surface area contributed by atoms with Crippen LogP contribution in [0, 0.1) is 11.8 Å². The lowest BCUT2D eigenvalue weighted by atomic mass is 9.98. The Bertz CT molecular complexity index is 288. The third-order valence-corrected chi connectivity index (χ3v) is 4.98. The zero-order chi connectivity index (χ0) is 8.93. The van der Waals surface area contributed by atoms with Crippen molar-refractivity contribution in [2.24, 2.45) is 11.8 Å². The van der Waals surface area contributed by atoms with Gasteiger partial charge in [0.05, 0.1) is 0 Å². The maximum atomic E-state index is 13.3. The summed E-state index contributed by atoms with van der Waals surface area (Å²) in [4.78, 5) is 0. The maximum absolute atomic E-state index is 13.3. The molecule has 2 aliphatic rings. The molecular formula is C7H10ClFO2S.